The molecule has 3 atom stereocenters. The Morgan fingerprint density at radius 3 is 2.68 bits per heavy atom. The minimum atomic E-state index is -0.307. The van der Waals surface area contributed by atoms with E-state index in [0.717, 1.165) is 38.5 Å². The van der Waals surface area contributed by atoms with E-state index < -0.39 is 0 Å². The van der Waals surface area contributed by atoms with Crippen molar-refractivity contribution in [3.63, 3.8) is 0 Å². The molecule has 1 aromatic carbocycles. The summed E-state index contributed by atoms with van der Waals surface area (Å²) in [5, 5.41) is 4.72. The lowest BCUT2D eigenvalue weighted by Gasteiger charge is -2.38. The second-order valence-corrected chi connectivity index (χ2v) is 8.37. The number of rotatable bonds is 8. The van der Waals surface area contributed by atoms with Crippen molar-refractivity contribution >= 4 is 17.5 Å². The van der Waals surface area contributed by atoms with Crippen molar-refractivity contribution in [1.29, 1.82) is 0 Å². The Morgan fingerprint density at radius 1 is 1.16 bits per heavy atom. The molecule has 170 valence electrons. The zero-order valence-corrected chi connectivity index (χ0v) is 18.2. The third-order valence-electron chi connectivity index (χ3n) is 6.39. The summed E-state index contributed by atoms with van der Waals surface area (Å²) >= 11 is 0. The van der Waals surface area contributed by atoms with E-state index in [1.54, 1.807) is 12.1 Å². The first-order valence-corrected chi connectivity index (χ1v) is 11.1. The number of hydrogen-bond acceptors (Lipinski definition) is 7. The van der Waals surface area contributed by atoms with E-state index in [1.165, 1.54) is 0 Å². The molecular weight excluding hydrogens is 398 g/mol. The van der Waals surface area contributed by atoms with Crippen molar-refractivity contribution in [3.8, 4) is 0 Å². The smallest absolute Gasteiger partial charge is 0.247 e. The first kappa shape index (κ1) is 22.2. The third kappa shape index (κ3) is 5.24. The van der Waals surface area contributed by atoms with Gasteiger partial charge in [-0.1, -0.05) is 18.2 Å². The number of amides is 2. The van der Waals surface area contributed by atoms with Gasteiger partial charge >= 0.3 is 0 Å². The number of nitrogens with one attached hydrogen (secondary N) is 2. The lowest BCUT2D eigenvalue weighted by atomic mass is 9.84. The minimum Gasteiger partial charge on any atom is -0.383 e. The molecule has 0 aromatic heterocycles. The van der Waals surface area contributed by atoms with Crippen LogP contribution in [0, 0.1) is 11.8 Å². The fraction of sp³-hybridized carbons (Fsp3) is 0.636. The molecule has 3 unspecified atom stereocenters. The molecule has 3 saturated heterocycles. The summed E-state index contributed by atoms with van der Waals surface area (Å²) in [5.41, 5.74) is 4.15. The molecule has 0 saturated carbocycles. The van der Waals surface area contributed by atoms with Crippen molar-refractivity contribution in [1.82, 2.24) is 20.5 Å². The van der Waals surface area contributed by atoms with Crippen LogP contribution < -0.4 is 15.8 Å². The van der Waals surface area contributed by atoms with Crippen LogP contribution in [0.3, 0.4) is 0 Å². The number of carbonyl (C=O) groups excluding carboxylic acids is 2. The first-order chi connectivity index (χ1) is 15.2. The van der Waals surface area contributed by atoms with Gasteiger partial charge in [0, 0.05) is 52.9 Å². The van der Waals surface area contributed by atoms with Crippen LogP contribution in [0.5, 0.6) is 0 Å². The first-order valence-electron chi connectivity index (χ1n) is 11.1. The molecule has 2 amide bonds. The summed E-state index contributed by atoms with van der Waals surface area (Å²) in [6.45, 7) is 7.22. The number of hydrazine groups is 1. The van der Waals surface area contributed by atoms with Crippen LogP contribution in [-0.2, 0) is 19.1 Å². The monoisotopic (exact) mass is 431 g/mol. The topological polar surface area (TPSA) is 86.4 Å². The summed E-state index contributed by atoms with van der Waals surface area (Å²) in [7, 11) is 1.67. The lowest BCUT2D eigenvalue weighted by Crippen LogP contribution is -2.57. The van der Waals surface area contributed by atoms with Gasteiger partial charge in [0.15, 0.2) is 0 Å². The molecule has 3 fully saturated rings. The van der Waals surface area contributed by atoms with Crippen molar-refractivity contribution < 1.29 is 19.1 Å². The van der Waals surface area contributed by atoms with Crippen LogP contribution in [-0.4, -0.2) is 100 Å². The molecular formula is C22H33N5O4. The molecule has 2 N–H and O–H groups in total. The van der Waals surface area contributed by atoms with Crippen molar-refractivity contribution in [2.45, 2.75) is 6.04 Å². The zero-order valence-electron chi connectivity index (χ0n) is 18.2. The third-order valence-corrected chi connectivity index (χ3v) is 6.39. The Balaban J connectivity index is 1.42. The highest BCUT2D eigenvalue weighted by molar-refractivity contribution is 5.98. The van der Waals surface area contributed by atoms with Gasteiger partial charge in [-0.25, -0.2) is 10.4 Å². The van der Waals surface area contributed by atoms with Crippen molar-refractivity contribution in [3.05, 3.63) is 30.3 Å². The second-order valence-electron chi connectivity index (χ2n) is 8.37. The highest BCUT2D eigenvalue weighted by Gasteiger charge is 2.50. The quantitative estimate of drug-likeness (QED) is 0.577. The molecule has 3 aliphatic rings. The summed E-state index contributed by atoms with van der Waals surface area (Å²) in [6, 6.07) is 9.34. The number of ether oxygens (including phenoxy) is 2. The van der Waals surface area contributed by atoms with E-state index in [2.05, 4.69) is 20.5 Å². The number of benzene rings is 1. The van der Waals surface area contributed by atoms with Crippen LogP contribution in [0.25, 0.3) is 0 Å². The van der Waals surface area contributed by atoms with E-state index in [0.29, 0.717) is 32.8 Å². The zero-order chi connectivity index (χ0) is 21.6. The predicted octanol–water partition coefficient (Wildman–Crippen LogP) is -0.451. The molecule has 3 aliphatic heterocycles. The number of hydrogen-bond donors (Lipinski definition) is 2. The molecule has 9 heteroatoms. The molecule has 9 nitrogen and oxygen atoms in total. The van der Waals surface area contributed by atoms with Gasteiger partial charge < -0.3 is 14.8 Å². The second kappa shape index (κ2) is 10.5. The van der Waals surface area contributed by atoms with Crippen molar-refractivity contribution in [2.75, 3.05) is 77.8 Å². The van der Waals surface area contributed by atoms with E-state index in [9.17, 15) is 9.59 Å². The Bertz CT molecular complexity index is 743. The highest BCUT2D eigenvalue weighted by Crippen LogP contribution is 2.31. The van der Waals surface area contributed by atoms with Gasteiger partial charge in [0.05, 0.1) is 43.4 Å². The van der Waals surface area contributed by atoms with Crippen molar-refractivity contribution in [2.24, 2.45) is 11.8 Å². The van der Waals surface area contributed by atoms with Gasteiger partial charge in [-0.3, -0.25) is 19.4 Å². The number of piperidine rings is 1. The summed E-state index contributed by atoms with van der Waals surface area (Å²) < 4.78 is 10.6. The maximum atomic E-state index is 13.2. The SMILES string of the molecule is COCCN1CC(C(=O)NCCN2CCOCC2)C2NN(c3ccccc3)C(=O)C2C1. The Kier molecular flexibility index (Phi) is 7.52. The number of likely N-dealkylation sites (tertiary alicyclic amines) is 1. The van der Waals surface area contributed by atoms with Crippen LogP contribution in [0.4, 0.5) is 5.69 Å². The molecule has 4 rings (SSSR count). The Labute approximate surface area is 183 Å². The number of anilines is 1. The van der Waals surface area contributed by atoms with Crippen LogP contribution in [0.1, 0.15) is 0 Å². The van der Waals surface area contributed by atoms with E-state index >= 15 is 0 Å². The summed E-state index contributed by atoms with van der Waals surface area (Å²) in [6.07, 6.45) is 0. The number of methoxy groups -OCH3 is 1. The van der Waals surface area contributed by atoms with E-state index in [4.69, 9.17) is 9.47 Å². The molecule has 31 heavy (non-hydrogen) atoms. The van der Waals surface area contributed by atoms with Gasteiger partial charge in [0.2, 0.25) is 11.8 Å². The highest BCUT2D eigenvalue weighted by atomic mass is 16.5. The van der Waals surface area contributed by atoms with Crippen LogP contribution in [0.15, 0.2) is 30.3 Å². The predicted molar refractivity (Wildman–Crippen MR) is 116 cm³/mol. The maximum absolute atomic E-state index is 13.2. The molecule has 0 spiro atoms. The minimum absolute atomic E-state index is 0.000544. The van der Waals surface area contributed by atoms with Gasteiger partial charge in [0.1, 0.15) is 0 Å². The molecule has 0 bridgehead atoms. The van der Waals surface area contributed by atoms with Crippen LogP contribution in [0.2, 0.25) is 0 Å². The van der Waals surface area contributed by atoms with Gasteiger partial charge in [-0.05, 0) is 12.1 Å². The number of morpholine rings is 1. The average Bonchev–Trinajstić information content (AvgIpc) is 3.15. The van der Waals surface area contributed by atoms with Gasteiger partial charge in [-0.15, -0.1) is 0 Å². The van der Waals surface area contributed by atoms with Crippen LogP contribution >= 0.6 is 0 Å². The fourth-order valence-electron chi connectivity index (χ4n) is 4.65. The molecule has 1 aromatic rings. The van der Waals surface area contributed by atoms with Gasteiger partial charge in [0.25, 0.3) is 0 Å². The normalized spacial score (nSPS) is 27.3. The standard InChI is InChI=1S/C22H33N5O4/c1-30-12-9-26-15-18(21(28)23-7-8-25-10-13-31-14-11-25)20-19(16-26)22(29)27(24-20)17-5-3-2-4-6-17/h2-6,18-20,24H,7-16H2,1H3,(H,23,28). The molecule has 0 aliphatic carbocycles. The lowest BCUT2D eigenvalue weighted by molar-refractivity contribution is -0.130. The Hall–Kier alpha value is -2.04. The number of nitrogens with zero attached hydrogens (tertiary/aromatic N) is 3. The largest absolute Gasteiger partial charge is 0.383 e. The fourth-order valence-corrected chi connectivity index (χ4v) is 4.65. The Morgan fingerprint density at radius 2 is 1.94 bits per heavy atom. The number of carbonyl (C=O) groups is 2. The van der Waals surface area contributed by atoms with E-state index in [-0.39, 0.29) is 29.7 Å². The summed E-state index contributed by atoms with van der Waals surface area (Å²) in [5.74, 6) is -0.552. The number of para-hydroxylation sites is 1. The molecule has 0 radical (unpaired) electrons. The maximum Gasteiger partial charge on any atom is 0.247 e. The molecule has 3 heterocycles. The van der Waals surface area contributed by atoms with Gasteiger partial charge in [-0.2, -0.15) is 0 Å². The number of fused-ring (bicyclic) bond motifs is 1. The van der Waals surface area contributed by atoms with E-state index in [1.807, 2.05) is 30.3 Å². The average molecular weight is 432 g/mol. The summed E-state index contributed by atoms with van der Waals surface area (Å²) in [4.78, 5) is 30.8.